The van der Waals surface area contributed by atoms with Gasteiger partial charge in [0.05, 0.1) is 7.11 Å². The summed E-state index contributed by atoms with van der Waals surface area (Å²) in [5.74, 6) is 2.51. The first-order chi connectivity index (χ1) is 9.67. The van der Waals surface area contributed by atoms with Gasteiger partial charge in [0.15, 0.2) is 5.82 Å². The SMILES string of the molecule is COc1ccc2c(ccn2Cc2nc(C(C)C)no2)c1. The van der Waals surface area contributed by atoms with E-state index in [0.29, 0.717) is 12.4 Å². The van der Waals surface area contributed by atoms with Crippen molar-refractivity contribution in [1.29, 1.82) is 0 Å². The van der Waals surface area contributed by atoms with Gasteiger partial charge in [-0.2, -0.15) is 4.98 Å². The third kappa shape index (κ3) is 2.27. The second-order valence-corrected chi connectivity index (χ2v) is 5.07. The average Bonchev–Trinajstić information content (AvgIpc) is 3.06. The first-order valence-electron chi connectivity index (χ1n) is 6.62. The van der Waals surface area contributed by atoms with E-state index in [1.807, 2.05) is 38.2 Å². The number of rotatable bonds is 4. The molecular formula is C15H17N3O2. The molecule has 0 unspecified atom stereocenters. The highest BCUT2D eigenvalue weighted by molar-refractivity contribution is 5.81. The van der Waals surface area contributed by atoms with Crippen LogP contribution in [-0.4, -0.2) is 21.8 Å². The first-order valence-corrected chi connectivity index (χ1v) is 6.62. The number of benzene rings is 1. The predicted octanol–water partition coefficient (Wildman–Crippen LogP) is 3.20. The molecule has 104 valence electrons. The molecule has 0 bridgehead atoms. The molecule has 0 fully saturated rings. The molecule has 2 heterocycles. The molecule has 0 amide bonds. The van der Waals surface area contributed by atoms with Crippen LogP contribution in [0.25, 0.3) is 10.9 Å². The number of hydrogen-bond acceptors (Lipinski definition) is 4. The van der Waals surface area contributed by atoms with Gasteiger partial charge < -0.3 is 13.8 Å². The maximum Gasteiger partial charge on any atom is 0.246 e. The average molecular weight is 271 g/mol. The van der Waals surface area contributed by atoms with E-state index in [2.05, 4.69) is 20.8 Å². The normalized spacial score (nSPS) is 11.4. The molecule has 5 heteroatoms. The predicted molar refractivity (Wildman–Crippen MR) is 76.0 cm³/mol. The summed E-state index contributed by atoms with van der Waals surface area (Å²) in [6.07, 6.45) is 2.02. The Kier molecular flexibility index (Phi) is 3.18. The zero-order chi connectivity index (χ0) is 14.1. The Hall–Kier alpha value is -2.30. The largest absolute Gasteiger partial charge is 0.497 e. The van der Waals surface area contributed by atoms with E-state index in [1.54, 1.807) is 7.11 Å². The Bertz CT molecular complexity index is 728. The van der Waals surface area contributed by atoms with Crippen LogP contribution in [0.1, 0.15) is 31.5 Å². The molecule has 3 rings (SSSR count). The molecule has 1 aromatic carbocycles. The molecule has 0 aliphatic rings. The minimum absolute atomic E-state index is 0.276. The molecule has 2 aromatic heterocycles. The van der Waals surface area contributed by atoms with Gasteiger partial charge in [0, 0.05) is 23.0 Å². The number of nitrogens with zero attached hydrogens (tertiary/aromatic N) is 3. The molecule has 0 atom stereocenters. The van der Waals surface area contributed by atoms with Crippen molar-refractivity contribution < 1.29 is 9.26 Å². The van der Waals surface area contributed by atoms with E-state index in [1.165, 1.54) is 0 Å². The van der Waals surface area contributed by atoms with Crippen molar-refractivity contribution in [2.45, 2.75) is 26.3 Å². The Balaban J connectivity index is 1.90. The quantitative estimate of drug-likeness (QED) is 0.731. The van der Waals surface area contributed by atoms with Crippen molar-refractivity contribution in [1.82, 2.24) is 14.7 Å². The number of fused-ring (bicyclic) bond motifs is 1. The highest BCUT2D eigenvalue weighted by Gasteiger charge is 2.11. The number of methoxy groups -OCH3 is 1. The van der Waals surface area contributed by atoms with Crippen LogP contribution in [0.4, 0.5) is 0 Å². The van der Waals surface area contributed by atoms with Crippen LogP contribution in [0.3, 0.4) is 0 Å². The Morgan fingerprint density at radius 2 is 2.15 bits per heavy atom. The van der Waals surface area contributed by atoms with Gasteiger partial charge in [-0.3, -0.25) is 0 Å². The topological polar surface area (TPSA) is 53.1 Å². The van der Waals surface area contributed by atoms with Gasteiger partial charge >= 0.3 is 0 Å². The monoisotopic (exact) mass is 271 g/mol. The van der Waals surface area contributed by atoms with Crippen LogP contribution >= 0.6 is 0 Å². The third-order valence-corrected chi connectivity index (χ3v) is 3.28. The minimum atomic E-state index is 0.276. The van der Waals surface area contributed by atoms with E-state index in [4.69, 9.17) is 9.26 Å². The molecule has 5 nitrogen and oxygen atoms in total. The van der Waals surface area contributed by atoms with Crippen molar-refractivity contribution in [3.63, 3.8) is 0 Å². The van der Waals surface area contributed by atoms with E-state index in [-0.39, 0.29) is 5.92 Å². The molecule has 20 heavy (non-hydrogen) atoms. The Labute approximate surface area is 117 Å². The fourth-order valence-corrected chi connectivity index (χ4v) is 2.16. The van der Waals surface area contributed by atoms with Crippen LogP contribution in [0, 0.1) is 0 Å². The number of hydrogen-bond donors (Lipinski definition) is 0. The Morgan fingerprint density at radius 3 is 2.85 bits per heavy atom. The summed E-state index contributed by atoms with van der Waals surface area (Å²) in [6.45, 7) is 4.67. The zero-order valence-electron chi connectivity index (χ0n) is 11.8. The van der Waals surface area contributed by atoms with Crippen LogP contribution in [-0.2, 0) is 6.54 Å². The lowest BCUT2D eigenvalue weighted by molar-refractivity contribution is 0.366. The minimum Gasteiger partial charge on any atom is -0.497 e. The van der Waals surface area contributed by atoms with E-state index in [9.17, 15) is 0 Å². The van der Waals surface area contributed by atoms with Crippen molar-refractivity contribution in [3.8, 4) is 5.75 Å². The number of ether oxygens (including phenoxy) is 1. The lowest BCUT2D eigenvalue weighted by atomic mass is 10.2. The van der Waals surface area contributed by atoms with Crippen LogP contribution < -0.4 is 4.74 Å². The van der Waals surface area contributed by atoms with Crippen LogP contribution in [0.2, 0.25) is 0 Å². The zero-order valence-corrected chi connectivity index (χ0v) is 11.8. The highest BCUT2D eigenvalue weighted by atomic mass is 16.5. The standard InChI is InChI=1S/C15H17N3O2/c1-10(2)15-16-14(20-17-15)9-18-7-6-11-8-12(19-3)4-5-13(11)18/h4-8,10H,9H2,1-3H3. The van der Waals surface area contributed by atoms with Crippen molar-refractivity contribution in [2.75, 3.05) is 7.11 Å². The summed E-state index contributed by atoms with van der Waals surface area (Å²) in [7, 11) is 1.67. The first kappa shape index (κ1) is 12.7. The van der Waals surface area contributed by atoms with Crippen molar-refractivity contribution in [2.24, 2.45) is 0 Å². The Morgan fingerprint density at radius 1 is 1.30 bits per heavy atom. The van der Waals surface area contributed by atoms with Gasteiger partial charge in [-0.1, -0.05) is 19.0 Å². The molecule has 0 saturated heterocycles. The molecular weight excluding hydrogens is 254 g/mol. The molecule has 0 radical (unpaired) electrons. The van der Waals surface area contributed by atoms with Crippen molar-refractivity contribution >= 4 is 10.9 Å². The molecule has 0 saturated carbocycles. The number of aromatic nitrogens is 3. The summed E-state index contributed by atoms with van der Waals surface area (Å²) in [6, 6.07) is 8.05. The molecule has 3 aromatic rings. The van der Waals surface area contributed by atoms with Gasteiger partial charge in [0.2, 0.25) is 5.89 Å². The van der Waals surface area contributed by atoms with Gasteiger partial charge in [0.25, 0.3) is 0 Å². The maximum absolute atomic E-state index is 5.29. The van der Waals surface area contributed by atoms with E-state index >= 15 is 0 Å². The molecule has 0 spiro atoms. The highest BCUT2D eigenvalue weighted by Crippen LogP contribution is 2.22. The smallest absolute Gasteiger partial charge is 0.246 e. The van der Waals surface area contributed by atoms with E-state index in [0.717, 1.165) is 22.5 Å². The molecule has 0 aliphatic carbocycles. The lowest BCUT2D eigenvalue weighted by Crippen LogP contribution is -1.99. The van der Waals surface area contributed by atoms with E-state index < -0.39 is 0 Å². The summed E-state index contributed by atoms with van der Waals surface area (Å²) in [4.78, 5) is 4.40. The molecule has 0 N–H and O–H groups in total. The lowest BCUT2D eigenvalue weighted by Gasteiger charge is -2.03. The van der Waals surface area contributed by atoms with Gasteiger partial charge in [0.1, 0.15) is 12.3 Å². The summed E-state index contributed by atoms with van der Waals surface area (Å²) < 4.78 is 12.6. The summed E-state index contributed by atoms with van der Waals surface area (Å²) in [5, 5.41) is 5.12. The van der Waals surface area contributed by atoms with Crippen LogP contribution in [0.15, 0.2) is 35.0 Å². The fourth-order valence-electron chi connectivity index (χ4n) is 2.16. The maximum atomic E-state index is 5.29. The fraction of sp³-hybridized carbons (Fsp3) is 0.333. The van der Waals surface area contributed by atoms with Crippen molar-refractivity contribution in [3.05, 3.63) is 42.2 Å². The second-order valence-electron chi connectivity index (χ2n) is 5.07. The second kappa shape index (κ2) is 5.00. The summed E-state index contributed by atoms with van der Waals surface area (Å²) >= 11 is 0. The molecule has 0 aliphatic heterocycles. The summed E-state index contributed by atoms with van der Waals surface area (Å²) in [5.41, 5.74) is 1.12. The van der Waals surface area contributed by atoms with Gasteiger partial charge in [-0.05, 0) is 24.3 Å². The van der Waals surface area contributed by atoms with Crippen LogP contribution in [0.5, 0.6) is 5.75 Å². The van der Waals surface area contributed by atoms with Gasteiger partial charge in [-0.15, -0.1) is 0 Å². The van der Waals surface area contributed by atoms with Gasteiger partial charge in [-0.25, -0.2) is 0 Å². The third-order valence-electron chi connectivity index (χ3n) is 3.28.